The molecule has 1 rings (SSSR count). The monoisotopic (exact) mass is 214 g/mol. The van der Waals surface area contributed by atoms with Crippen LogP contribution in [0.2, 0.25) is 0 Å². The summed E-state index contributed by atoms with van der Waals surface area (Å²) in [4.78, 5) is 2.24. The molecule has 0 radical (unpaired) electrons. The summed E-state index contributed by atoms with van der Waals surface area (Å²) < 4.78 is 6.16. The molecule has 1 aliphatic rings. The lowest BCUT2D eigenvalue weighted by molar-refractivity contribution is -0.0787. The molecule has 0 aliphatic carbocycles. The number of hydrogen-bond donors (Lipinski definition) is 1. The molecule has 1 aliphatic heterocycles. The van der Waals surface area contributed by atoms with Crippen molar-refractivity contribution in [1.29, 1.82) is 0 Å². The van der Waals surface area contributed by atoms with Gasteiger partial charge in [-0.15, -0.1) is 0 Å². The molecule has 2 atom stereocenters. The number of likely N-dealkylation sites (N-methyl/N-ethyl adjacent to an activating group) is 1. The van der Waals surface area contributed by atoms with Gasteiger partial charge >= 0.3 is 0 Å². The first-order valence-corrected chi connectivity index (χ1v) is 5.73. The van der Waals surface area contributed by atoms with Crippen LogP contribution in [0.5, 0.6) is 0 Å². The molecule has 1 N–H and O–H groups in total. The van der Waals surface area contributed by atoms with Crippen LogP contribution >= 0.6 is 0 Å². The molecule has 0 aromatic rings. The summed E-state index contributed by atoms with van der Waals surface area (Å²) in [5.74, 6) is 0.521. The fourth-order valence-electron chi connectivity index (χ4n) is 2.97. The van der Waals surface area contributed by atoms with Gasteiger partial charge in [0, 0.05) is 18.5 Å². The quantitative estimate of drug-likeness (QED) is 0.767. The molecule has 3 nitrogen and oxygen atoms in total. The first-order valence-electron chi connectivity index (χ1n) is 5.73. The van der Waals surface area contributed by atoms with E-state index in [1.54, 1.807) is 0 Å². The van der Waals surface area contributed by atoms with Crippen LogP contribution in [-0.4, -0.2) is 49.8 Å². The van der Waals surface area contributed by atoms with Gasteiger partial charge in [0.1, 0.15) is 0 Å². The zero-order chi connectivity index (χ0) is 11.9. The third-order valence-electron chi connectivity index (χ3n) is 3.44. The number of ether oxygens (including phenoxy) is 1. The highest BCUT2D eigenvalue weighted by Crippen LogP contribution is 2.42. The van der Waals surface area contributed by atoms with E-state index < -0.39 is 0 Å². The van der Waals surface area contributed by atoms with Crippen molar-refractivity contribution in [2.24, 2.45) is 5.92 Å². The molecular weight excluding hydrogens is 188 g/mol. The van der Waals surface area contributed by atoms with Gasteiger partial charge in [0.15, 0.2) is 0 Å². The second-order valence-electron chi connectivity index (χ2n) is 5.94. The Kier molecular flexibility index (Phi) is 3.49. The predicted molar refractivity (Wildman–Crippen MR) is 64.1 cm³/mol. The van der Waals surface area contributed by atoms with E-state index in [-0.39, 0.29) is 11.2 Å². The largest absolute Gasteiger partial charge is 0.368 e. The Morgan fingerprint density at radius 1 is 1.13 bits per heavy atom. The van der Waals surface area contributed by atoms with Crippen molar-refractivity contribution in [3.63, 3.8) is 0 Å². The highest BCUT2D eigenvalue weighted by Gasteiger charge is 2.52. The Balaban J connectivity index is 2.89. The molecule has 0 aromatic carbocycles. The lowest BCUT2D eigenvalue weighted by Gasteiger charge is -2.31. The van der Waals surface area contributed by atoms with Crippen LogP contribution in [0.4, 0.5) is 0 Å². The van der Waals surface area contributed by atoms with Crippen LogP contribution in [0.1, 0.15) is 27.7 Å². The van der Waals surface area contributed by atoms with Crippen molar-refractivity contribution in [3.05, 3.63) is 0 Å². The van der Waals surface area contributed by atoms with Gasteiger partial charge < -0.3 is 15.0 Å². The van der Waals surface area contributed by atoms with Gasteiger partial charge in [-0.05, 0) is 48.8 Å². The summed E-state index contributed by atoms with van der Waals surface area (Å²) in [5, 5.41) is 3.41. The molecule has 0 spiro atoms. The second-order valence-corrected chi connectivity index (χ2v) is 5.94. The molecule has 3 heteroatoms. The van der Waals surface area contributed by atoms with Crippen LogP contribution < -0.4 is 5.32 Å². The Bertz CT molecular complexity index is 224. The van der Waals surface area contributed by atoms with E-state index >= 15 is 0 Å². The summed E-state index contributed by atoms with van der Waals surface area (Å²) in [6, 6.07) is 0.412. The van der Waals surface area contributed by atoms with E-state index in [1.807, 2.05) is 7.05 Å². The van der Waals surface area contributed by atoms with Crippen molar-refractivity contribution >= 4 is 0 Å². The molecule has 1 saturated heterocycles. The van der Waals surface area contributed by atoms with Crippen molar-refractivity contribution in [1.82, 2.24) is 10.2 Å². The molecule has 90 valence electrons. The van der Waals surface area contributed by atoms with Crippen molar-refractivity contribution < 1.29 is 4.74 Å². The molecule has 0 saturated carbocycles. The minimum Gasteiger partial charge on any atom is -0.368 e. The number of nitrogens with one attached hydrogen (secondary N) is 1. The fourth-order valence-corrected chi connectivity index (χ4v) is 2.97. The topological polar surface area (TPSA) is 24.5 Å². The average Bonchev–Trinajstić information content (AvgIpc) is 2.15. The van der Waals surface area contributed by atoms with Crippen LogP contribution in [0.15, 0.2) is 0 Å². The minimum absolute atomic E-state index is 0.0541. The Hall–Kier alpha value is -0.120. The van der Waals surface area contributed by atoms with Crippen molar-refractivity contribution in [3.8, 4) is 0 Å². The van der Waals surface area contributed by atoms with E-state index in [0.29, 0.717) is 12.0 Å². The third-order valence-corrected chi connectivity index (χ3v) is 3.44. The molecule has 0 bridgehead atoms. The lowest BCUT2D eigenvalue weighted by Crippen LogP contribution is -2.48. The van der Waals surface area contributed by atoms with Gasteiger partial charge in [0.2, 0.25) is 0 Å². The van der Waals surface area contributed by atoms with Gasteiger partial charge in [-0.1, -0.05) is 0 Å². The molecular formula is C12H26N2O. The summed E-state index contributed by atoms with van der Waals surface area (Å²) in [7, 11) is 6.27. The summed E-state index contributed by atoms with van der Waals surface area (Å²) in [6.45, 7) is 9.79. The predicted octanol–water partition coefficient (Wildman–Crippen LogP) is 1.34. The Morgan fingerprint density at radius 3 is 2.07 bits per heavy atom. The first-order chi connectivity index (χ1) is 6.70. The Labute approximate surface area is 94.2 Å². The molecule has 0 aromatic heterocycles. The summed E-state index contributed by atoms with van der Waals surface area (Å²) in [6.07, 6.45) is 0. The van der Waals surface area contributed by atoms with Crippen molar-refractivity contribution in [2.75, 3.05) is 27.7 Å². The van der Waals surface area contributed by atoms with Gasteiger partial charge in [0.05, 0.1) is 11.2 Å². The summed E-state index contributed by atoms with van der Waals surface area (Å²) in [5.41, 5.74) is -0.139. The number of hydrogen-bond acceptors (Lipinski definition) is 3. The standard InChI is InChI=1S/C12H26N2O/c1-11(2)9(8-14(6)7)10(13-5)12(3,4)15-11/h9-10,13H,8H2,1-7H3. The maximum absolute atomic E-state index is 6.16. The van der Waals surface area contributed by atoms with E-state index in [4.69, 9.17) is 4.74 Å². The maximum Gasteiger partial charge on any atom is 0.0790 e. The lowest BCUT2D eigenvalue weighted by atomic mass is 9.82. The van der Waals surface area contributed by atoms with Crippen molar-refractivity contribution in [2.45, 2.75) is 44.9 Å². The molecule has 2 unspecified atom stereocenters. The second kappa shape index (κ2) is 4.04. The number of rotatable bonds is 3. The zero-order valence-electron chi connectivity index (χ0n) is 11.2. The van der Waals surface area contributed by atoms with Crippen LogP contribution in [0.25, 0.3) is 0 Å². The highest BCUT2D eigenvalue weighted by molar-refractivity contribution is 5.05. The number of nitrogens with zero attached hydrogens (tertiary/aromatic N) is 1. The van der Waals surface area contributed by atoms with Gasteiger partial charge in [-0.2, -0.15) is 0 Å². The van der Waals surface area contributed by atoms with Gasteiger partial charge in [0.25, 0.3) is 0 Å². The third kappa shape index (κ3) is 2.52. The van der Waals surface area contributed by atoms with Gasteiger partial charge in [-0.3, -0.25) is 0 Å². The molecule has 1 fully saturated rings. The van der Waals surface area contributed by atoms with E-state index in [9.17, 15) is 0 Å². The van der Waals surface area contributed by atoms with Crippen LogP contribution in [0, 0.1) is 5.92 Å². The van der Waals surface area contributed by atoms with E-state index in [1.165, 1.54) is 0 Å². The van der Waals surface area contributed by atoms with E-state index in [2.05, 4.69) is 52.0 Å². The normalized spacial score (nSPS) is 33.6. The maximum atomic E-state index is 6.16. The highest BCUT2D eigenvalue weighted by atomic mass is 16.5. The van der Waals surface area contributed by atoms with Gasteiger partial charge in [-0.25, -0.2) is 0 Å². The molecule has 0 amide bonds. The fraction of sp³-hybridized carbons (Fsp3) is 1.00. The first kappa shape index (κ1) is 12.9. The minimum atomic E-state index is -0.0844. The Morgan fingerprint density at radius 2 is 1.67 bits per heavy atom. The van der Waals surface area contributed by atoms with Crippen LogP contribution in [0.3, 0.4) is 0 Å². The summed E-state index contributed by atoms with van der Waals surface area (Å²) >= 11 is 0. The zero-order valence-corrected chi connectivity index (χ0v) is 11.2. The molecule has 1 heterocycles. The van der Waals surface area contributed by atoms with E-state index in [0.717, 1.165) is 6.54 Å². The average molecular weight is 214 g/mol. The molecule has 15 heavy (non-hydrogen) atoms. The SMILES string of the molecule is CNC1C(CN(C)C)C(C)(C)OC1(C)C. The van der Waals surface area contributed by atoms with Crippen LogP contribution in [-0.2, 0) is 4.74 Å². The smallest absolute Gasteiger partial charge is 0.0790 e.